The third-order valence-electron chi connectivity index (χ3n) is 3.44. The van der Waals surface area contributed by atoms with Gasteiger partial charge in [0.25, 0.3) is 0 Å². The van der Waals surface area contributed by atoms with Crippen molar-refractivity contribution in [1.82, 2.24) is 9.88 Å². The molecule has 1 atom stereocenters. The van der Waals surface area contributed by atoms with Crippen LogP contribution in [0.1, 0.15) is 37.4 Å². The van der Waals surface area contributed by atoms with Crippen molar-refractivity contribution in [3.05, 3.63) is 29.6 Å². The molecule has 1 aliphatic rings. The van der Waals surface area contributed by atoms with E-state index >= 15 is 0 Å². The highest BCUT2D eigenvalue weighted by Crippen LogP contribution is 2.23. The van der Waals surface area contributed by atoms with Crippen molar-refractivity contribution in [2.24, 2.45) is 11.7 Å². The third kappa shape index (κ3) is 3.50. The maximum atomic E-state index is 11.9. The first-order valence-corrected chi connectivity index (χ1v) is 7.03. The summed E-state index contributed by atoms with van der Waals surface area (Å²) < 4.78 is 0. The molecule has 102 valence electrons. The zero-order valence-electron chi connectivity index (χ0n) is 11.1. The summed E-state index contributed by atoms with van der Waals surface area (Å²) in [6, 6.07) is 3.77. The lowest BCUT2D eigenvalue weighted by molar-refractivity contribution is -0.128. The lowest BCUT2D eigenvalue weighted by Crippen LogP contribution is -2.25. The van der Waals surface area contributed by atoms with E-state index in [0.29, 0.717) is 29.6 Å². The van der Waals surface area contributed by atoms with Gasteiger partial charge in [-0.1, -0.05) is 25.6 Å². The van der Waals surface area contributed by atoms with Gasteiger partial charge in [0, 0.05) is 25.7 Å². The molecule has 1 unspecified atom stereocenters. The van der Waals surface area contributed by atoms with E-state index in [9.17, 15) is 4.79 Å². The maximum Gasteiger partial charge on any atom is 0.223 e. The maximum absolute atomic E-state index is 11.9. The minimum absolute atomic E-state index is 0.243. The number of amides is 1. The SMILES string of the molecule is CCCC1CC(=O)N(Cc2ccnc(C(N)=S)c2)C1. The van der Waals surface area contributed by atoms with Crippen LogP contribution in [0, 0.1) is 5.92 Å². The van der Waals surface area contributed by atoms with E-state index in [1.54, 1.807) is 6.20 Å². The smallest absolute Gasteiger partial charge is 0.223 e. The fraction of sp³-hybridized carbons (Fsp3) is 0.500. The molecule has 2 heterocycles. The van der Waals surface area contributed by atoms with Crippen molar-refractivity contribution in [2.75, 3.05) is 6.54 Å². The van der Waals surface area contributed by atoms with Gasteiger partial charge in [0.2, 0.25) is 5.91 Å². The van der Waals surface area contributed by atoms with Crippen molar-refractivity contribution in [3.63, 3.8) is 0 Å². The molecule has 1 fully saturated rings. The van der Waals surface area contributed by atoms with Crippen LogP contribution >= 0.6 is 12.2 Å². The molecule has 0 radical (unpaired) electrons. The van der Waals surface area contributed by atoms with Crippen LogP contribution in [0.15, 0.2) is 18.3 Å². The topological polar surface area (TPSA) is 59.2 Å². The molecule has 0 aliphatic carbocycles. The highest BCUT2D eigenvalue weighted by atomic mass is 32.1. The summed E-state index contributed by atoms with van der Waals surface area (Å²) in [6.07, 6.45) is 4.62. The summed E-state index contributed by atoms with van der Waals surface area (Å²) in [6.45, 7) is 3.64. The van der Waals surface area contributed by atoms with Crippen LogP contribution in [0.2, 0.25) is 0 Å². The number of rotatable bonds is 5. The van der Waals surface area contributed by atoms with Gasteiger partial charge in [-0.25, -0.2) is 0 Å². The molecule has 4 nitrogen and oxygen atoms in total. The Hall–Kier alpha value is -1.49. The summed E-state index contributed by atoms with van der Waals surface area (Å²) in [7, 11) is 0. The Kier molecular flexibility index (Phi) is 4.47. The average molecular weight is 277 g/mol. The monoisotopic (exact) mass is 277 g/mol. The van der Waals surface area contributed by atoms with Gasteiger partial charge in [0.15, 0.2) is 0 Å². The quantitative estimate of drug-likeness (QED) is 0.835. The lowest BCUT2D eigenvalue weighted by Gasteiger charge is -2.17. The number of carbonyl (C=O) groups excluding carboxylic acids is 1. The lowest BCUT2D eigenvalue weighted by atomic mass is 10.0. The Balaban J connectivity index is 2.03. The molecule has 2 N–H and O–H groups in total. The molecule has 0 saturated carbocycles. The number of nitrogens with two attached hydrogens (primary N) is 1. The van der Waals surface area contributed by atoms with Crippen LogP contribution in [0.3, 0.4) is 0 Å². The zero-order chi connectivity index (χ0) is 13.8. The van der Waals surface area contributed by atoms with Gasteiger partial charge in [-0.15, -0.1) is 0 Å². The van der Waals surface area contributed by atoms with Gasteiger partial charge in [-0.3, -0.25) is 9.78 Å². The minimum Gasteiger partial charge on any atom is -0.388 e. The summed E-state index contributed by atoms with van der Waals surface area (Å²) in [5.41, 5.74) is 7.21. The molecule has 0 bridgehead atoms. The Bertz CT molecular complexity index is 489. The summed E-state index contributed by atoms with van der Waals surface area (Å²) in [4.78, 5) is 18.3. The molecule has 0 spiro atoms. The van der Waals surface area contributed by atoms with Crippen molar-refractivity contribution in [2.45, 2.75) is 32.7 Å². The molecule has 5 heteroatoms. The average Bonchev–Trinajstić information content (AvgIpc) is 2.70. The molecular weight excluding hydrogens is 258 g/mol. The van der Waals surface area contributed by atoms with Crippen molar-refractivity contribution in [1.29, 1.82) is 0 Å². The predicted molar refractivity (Wildman–Crippen MR) is 78.6 cm³/mol. The van der Waals surface area contributed by atoms with Gasteiger partial charge in [0.1, 0.15) is 4.99 Å². The number of hydrogen-bond acceptors (Lipinski definition) is 3. The fourth-order valence-electron chi connectivity index (χ4n) is 2.54. The molecule has 1 amide bonds. The van der Waals surface area contributed by atoms with Gasteiger partial charge in [-0.2, -0.15) is 0 Å². The van der Waals surface area contributed by atoms with Crippen LogP contribution < -0.4 is 5.73 Å². The second kappa shape index (κ2) is 6.10. The first kappa shape index (κ1) is 13.9. The van der Waals surface area contributed by atoms with Gasteiger partial charge in [-0.05, 0) is 30.0 Å². The number of aromatic nitrogens is 1. The Morgan fingerprint density at radius 3 is 3.11 bits per heavy atom. The Labute approximate surface area is 119 Å². The van der Waals surface area contributed by atoms with Crippen molar-refractivity contribution >= 4 is 23.1 Å². The molecule has 19 heavy (non-hydrogen) atoms. The van der Waals surface area contributed by atoms with E-state index in [2.05, 4.69) is 11.9 Å². The normalized spacial score (nSPS) is 18.9. The molecule has 1 aromatic rings. The number of pyridine rings is 1. The number of thiocarbonyl (C=S) groups is 1. The number of likely N-dealkylation sites (tertiary alicyclic amines) is 1. The highest BCUT2D eigenvalue weighted by molar-refractivity contribution is 7.80. The van der Waals surface area contributed by atoms with E-state index in [-0.39, 0.29) is 5.91 Å². The standard InChI is InChI=1S/C14H19N3OS/c1-2-3-10-7-13(18)17(8-10)9-11-4-5-16-12(6-11)14(15)19/h4-6,10H,2-3,7-9H2,1H3,(H2,15,19). The van der Waals surface area contributed by atoms with E-state index in [1.807, 2.05) is 17.0 Å². The molecule has 1 saturated heterocycles. The van der Waals surface area contributed by atoms with Crippen molar-refractivity contribution < 1.29 is 4.79 Å². The molecular formula is C14H19N3OS. The largest absolute Gasteiger partial charge is 0.388 e. The van der Waals surface area contributed by atoms with Crippen LogP contribution in [0.4, 0.5) is 0 Å². The van der Waals surface area contributed by atoms with Crippen molar-refractivity contribution in [3.8, 4) is 0 Å². The van der Waals surface area contributed by atoms with Crippen LogP contribution in [-0.2, 0) is 11.3 Å². The van der Waals surface area contributed by atoms with Gasteiger partial charge < -0.3 is 10.6 Å². The van der Waals surface area contributed by atoms with Crippen LogP contribution in [-0.4, -0.2) is 27.3 Å². The van der Waals surface area contributed by atoms with Gasteiger partial charge >= 0.3 is 0 Å². The Morgan fingerprint density at radius 2 is 2.42 bits per heavy atom. The van der Waals surface area contributed by atoms with Crippen LogP contribution in [0.5, 0.6) is 0 Å². The van der Waals surface area contributed by atoms with E-state index in [4.69, 9.17) is 18.0 Å². The molecule has 2 rings (SSSR count). The highest BCUT2D eigenvalue weighted by Gasteiger charge is 2.28. The number of nitrogens with zero attached hydrogens (tertiary/aromatic N) is 2. The predicted octanol–water partition coefficient (Wildman–Crippen LogP) is 1.86. The van der Waals surface area contributed by atoms with E-state index in [1.165, 1.54) is 0 Å². The summed E-state index contributed by atoms with van der Waals surface area (Å²) in [5, 5.41) is 0. The molecule has 1 aromatic heterocycles. The Morgan fingerprint density at radius 1 is 1.63 bits per heavy atom. The van der Waals surface area contributed by atoms with E-state index in [0.717, 1.165) is 24.9 Å². The second-order valence-electron chi connectivity index (χ2n) is 5.05. The van der Waals surface area contributed by atoms with Gasteiger partial charge in [0.05, 0.1) is 5.69 Å². The summed E-state index contributed by atoms with van der Waals surface area (Å²) in [5.74, 6) is 0.751. The zero-order valence-corrected chi connectivity index (χ0v) is 11.9. The molecule has 1 aliphatic heterocycles. The number of carbonyl (C=O) groups is 1. The third-order valence-corrected chi connectivity index (χ3v) is 3.65. The van der Waals surface area contributed by atoms with Crippen LogP contribution in [0.25, 0.3) is 0 Å². The van der Waals surface area contributed by atoms with E-state index < -0.39 is 0 Å². The molecule has 0 aromatic carbocycles. The minimum atomic E-state index is 0.243. The first-order valence-electron chi connectivity index (χ1n) is 6.62. The summed E-state index contributed by atoms with van der Waals surface area (Å²) >= 11 is 4.92. The fourth-order valence-corrected chi connectivity index (χ4v) is 2.65. The second-order valence-corrected chi connectivity index (χ2v) is 5.49. The first-order chi connectivity index (χ1) is 9.10. The number of hydrogen-bond donors (Lipinski definition) is 1.